The lowest BCUT2D eigenvalue weighted by atomic mass is 10.3. The fourth-order valence-corrected chi connectivity index (χ4v) is 4.05. The first-order valence-corrected chi connectivity index (χ1v) is 8.86. The number of thiazole rings is 1. The highest BCUT2D eigenvalue weighted by Gasteiger charge is 2.21. The molecule has 3 aromatic rings. The van der Waals surface area contributed by atoms with Gasteiger partial charge in [0.2, 0.25) is 0 Å². The second-order valence-corrected chi connectivity index (χ2v) is 6.93. The minimum atomic E-state index is 0.729. The van der Waals surface area contributed by atoms with Crippen molar-refractivity contribution in [2.45, 2.75) is 13.5 Å². The molecule has 1 aromatic carbocycles. The average molecular weight is 344 g/mol. The fourth-order valence-electron chi connectivity index (χ4n) is 3.02. The number of hydrogen-bond donors (Lipinski definition) is 0. The molecule has 0 bridgehead atoms. The van der Waals surface area contributed by atoms with Crippen LogP contribution in [0.1, 0.15) is 11.6 Å². The van der Waals surface area contributed by atoms with Gasteiger partial charge in [-0.2, -0.15) is 0 Å². The smallest absolute Gasteiger partial charge is 0.191 e. The molecule has 0 unspecified atom stereocenters. The molecule has 24 heavy (non-hydrogen) atoms. The van der Waals surface area contributed by atoms with Crippen LogP contribution in [0.15, 0.2) is 28.9 Å². The van der Waals surface area contributed by atoms with Crippen LogP contribution in [0.5, 0.6) is 5.75 Å². The van der Waals surface area contributed by atoms with Gasteiger partial charge in [-0.3, -0.25) is 4.90 Å². The third-order valence-electron chi connectivity index (χ3n) is 4.29. The first-order valence-electron chi connectivity index (χ1n) is 8.05. The molecule has 0 N–H and O–H groups in total. The molecule has 0 spiro atoms. The Hall–Kier alpha value is -2.12. The van der Waals surface area contributed by atoms with Crippen LogP contribution in [0.25, 0.3) is 10.2 Å². The Kier molecular flexibility index (Phi) is 4.12. The Morgan fingerprint density at radius 1 is 1.21 bits per heavy atom. The minimum absolute atomic E-state index is 0.729. The number of aryl methyl sites for hydroxylation is 1. The molecule has 7 heteroatoms. The van der Waals surface area contributed by atoms with Crippen LogP contribution in [0.3, 0.4) is 0 Å². The molecule has 0 aliphatic carbocycles. The van der Waals surface area contributed by atoms with Gasteiger partial charge in [0.1, 0.15) is 17.5 Å². The van der Waals surface area contributed by atoms with Gasteiger partial charge in [0.25, 0.3) is 0 Å². The Balaban J connectivity index is 1.44. The molecule has 0 atom stereocenters. The van der Waals surface area contributed by atoms with Gasteiger partial charge < -0.3 is 14.1 Å². The Labute approximate surface area is 144 Å². The molecule has 126 valence electrons. The number of methoxy groups -OCH3 is 1. The average Bonchev–Trinajstić information content (AvgIpc) is 3.21. The van der Waals surface area contributed by atoms with Gasteiger partial charge in [-0.15, -0.1) is 0 Å². The van der Waals surface area contributed by atoms with E-state index < -0.39 is 0 Å². The summed E-state index contributed by atoms with van der Waals surface area (Å²) in [4.78, 5) is 13.9. The van der Waals surface area contributed by atoms with Gasteiger partial charge in [0.05, 0.1) is 17.5 Å². The lowest BCUT2D eigenvalue weighted by Crippen LogP contribution is -2.46. The first kappa shape index (κ1) is 15.4. The highest BCUT2D eigenvalue weighted by Crippen LogP contribution is 2.34. The summed E-state index contributed by atoms with van der Waals surface area (Å²) in [6, 6.07) is 6.08. The molecule has 4 rings (SSSR count). The molecule has 1 saturated heterocycles. The summed E-state index contributed by atoms with van der Waals surface area (Å²) >= 11 is 1.73. The van der Waals surface area contributed by atoms with E-state index in [0.29, 0.717) is 0 Å². The number of rotatable bonds is 4. The Bertz CT molecular complexity index is 836. The number of aromatic nitrogens is 2. The van der Waals surface area contributed by atoms with Gasteiger partial charge in [0.15, 0.2) is 11.0 Å². The lowest BCUT2D eigenvalue weighted by molar-refractivity contribution is 0.247. The fraction of sp³-hybridized carbons (Fsp3) is 0.412. The molecule has 1 fully saturated rings. The molecular weight excluding hydrogens is 324 g/mol. The summed E-state index contributed by atoms with van der Waals surface area (Å²) in [5, 5.41) is 1.08. The van der Waals surface area contributed by atoms with E-state index in [4.69, 9.17) is 14.1 Å². The third kappa shape index (κ3) is 2.97. The van der Waals surface area contributed by atoms with Crippen LogP contribution in [0, 0.1) is 6.92 Å². The second kappa shape index (κ2) is 6.41. The summed E-state index contributed by atoms with van der Waals surface area (Å²) in [6.07, 6.45) is 1.75. The molecule has 1 aliphatic heterocycles. The maximum absolute atomic E-state index is 5.42. The number of nitrogens with zero attached hydrogens (tertiary/aromatic N) is 4. The zero-order chi connectivity index (χ0) is 16.5. The van der Waals surface area contributed by atoms with Crippen molar-refractivity contribution >= 4 is 26.7 Å². The van der Waals surface area contributed by atoms with E-state index in [1.165, 1.54) is 4.70 Å². The molecule has 0 radical (unpaired) electrons. The van der Waals surface area contributed by atoms with Gasteiger partial charge >= 0.3 is 0 Å². The Morgan fingerprint density at radius 3 is 2.75 bits per heavy atom. The molecular formula is C17H20N4O2S. The number of oxazole rings is 1. The van der Waals surface area contributed by atoms with Crippen LogP contribution in [-0.4, -0.2) is 48.2 Å². The van der Waals surface area contributed by atoms with Crippen molar-refractivity contribution in [3.8, 4) is 5.75 Å². The van der Waals surface area contributed by atoms with Gasteiger partial charge in [-0.1, -0.05) is 17.4 Å². The van der Waals surface area contributed by atoms with E-state index in [-0.39, 0.29) is 0 Å². The van der Waals surface area contributed by atoms with Gasteiger partial charge in [0, 0.05) is 39.6 Å². The highest BCUT2D eigenvalue weighted by molar-refractivity contribution is 7.22. The number of para-hydroxylation sites is 1. The summed E-state index contributed by atoms with van der Waals surface area (Å²) in [7, 11) is 1.69. The minimum Gasteiger partial charge on any atom is -0.494 e. The van der Waals surface area contributed by atoms with Crippen LogP contribution >= 0.6 is 11.3 Å². The standard InChI is InChI=1S/C17H20N4O2S/c1-12-18-13(11-23-12)10-20-6-8-21(9-7-20)17-19-16-14(22-2)4-3-5-15(16)24-17/h3-5,11H,6-10H2,1-2H3. The van der Waals surface area contributed by atoms with E-state index >= 15 is 0 Å². The van der Waals surface area contributed by atoms with Gasteiger partial charge in [-0.25, -0.2) is 9.97 Å². The SMILES string of the molecule is COc1cccc2sc(N3CCN(Cc4coc(C)n4)CC3)nc12. The number of benzene rings is 1. The maximum atomic E-state index is 5.42. The van der Waals surface area contributed by atoms with Crippen molar-refractivity contribution in [1.29, 1.82) is 0 Å². The van der Waals surface area contributed by atoms with Crippen LogP contribution in [0.4, 0.5) is 5.13 Å². The molecule has 6 nitrogen and oxygen atoms in total. The number of ether oxygens (including phenoxy) is 1. The quantitative estimate of drug-likeness (QED) is 0.725. The van der Waals surface area contributed by atoms with Crippen molar-refractivity contribution in [2.75, 3.05) is 38.2 Å². The van der Waals surface area contributed by atoms with E-state index in [2.05, 4.69) is 20.9 Å². The van der Waals surface area contributed by atoms with Gasteiger partial charge in [-0.05, 0) is 12.1 Å². The van der Waals surface area contributed by atoms with Crippen molar-refractivity contribution < 1.29 is 9.15 Å². The molecule has 3 heterocycles. The van der Waals surface area contributed by atoms with Crippen LogP contribution in [0.2, 0.25) is 0 Å². The molecule has 0 saturated carbocycles. The van der Waals surface area contributed by atoms with E-state index in [9.17, 15) is 0 Å². The van der Waals surface area contributed by atoms with Crippen LogP contribution < -0.4 is 9.64 Å². The lowest BCUT2D eigenvalue weighted by Gasteiger charge is -2.34. The van der Waals surface area contributed by atoms with Crippen LogP contribution in [-0.2, 0) is 6.54 Å². The van der Waals surface area contributed by atoms with E-state index in [1.807, 2.05) is 19.1 Å². The zero-order valence-corrected chi connectivity index (χ0v) is 14.7. The van der Waals surface area contributed by atoms with Crippen molar-refractivity contribution in [3.63, 3.8) is 0 Å². The molecule has 2 aromatic heterocycles. The number of anilines is 1. The maximum Gasteiger partial charge on any atom is 0.191 e. The number of hydrogen-bond acceptors (Lipinski definition) is 7. The molecule has 1 aliphatic rings. The summed E-state index contributed by atoms with van der Waals surface area (Å²) in [5.41, 5.74) is 1.96. The van der Waals surface area contributed by atoms with E-state index in [1.54, 1.807) is 24.7 Å². The number of piperazine rings is 1. The van der Waals surface area contributed by atoms with Crippen molar-refractivity contribution in [3.05, 3.63) is 36.0 Å². The summed E-state index contributed by atoms with van der Waals surface area (Å²) in [6.45, 7) is 6.66. The largest absolute Gasteiger partial charge is 0.494 e. The second-order valence-electron chi connectivity index (χ2n) is 5.92. The normalized spacial score (nSPS) is 16.0. The van der Waals surface area contributed by atoms with Crippen molar-refractivity contribution in [2.24, 2.45) is 0 Å². The highest BCUT2D eigenvalue weighted by atomic mass is 32.1. The number of fused-ring (bicyclic) bond motifs is 1. The Morgan fingerprint density at radius 2 is 2.04 bits per heavy atom. The predicted molar refractivity (Wildman–Crippen MR) is 94.9 cm³/mol. The monoisotopic (exact) mass is 344 g/mol. The third-order valence-corrected chi connectivity index (χ3v) is 5.37. The van der Waals surface area contributed by atoms with E-state index in [0.717, 1.165) is 60.7 Å². The molecule has 0 amide bonds. The zero-order valence-electron chi connectivity index (χ0n) is 13.9. The summed E-state index contributed by atoms with van der Waals surface area (Å²) < 4.78 is 11.9. The predicted octanol–water partition coefficient (Wildman–Crippen LogP) is 2.92. The topological polar surface area (TPSA) is 54.6 Å². The first-order chi connectivity index (χ1) is 11.7. The summed E-state index contributed by atoms with van der Waals surface area (Å²) in [5.74, 6) is 1.57. The van der Waals surface area contributed by atoms with Crippen molar-refractivity contribution in [1.82, 2.24) is 14.9 Å².